The van der Waals surface area contributed by atoms with Crippen LogP contribution < -0.4 is 5.43 Å². The van der Waals surface area contributed by atoms with Gasteiger partial charge in [-0.25, -0.2) is 17.2 Å². The fourth-order valence-electron chi connectivity index (χ4n) is 5.19. The van der Waals surface area contributed by atoms with E-state index < -0.39 is 21.7 Å². The summed E-state index contributed by atoms with van der Waals surface area (Å²) in [4.78, 5) is 0.195. The van der Waals surface area contributed by atoms with Gasteiger partial charge in [0.1, 0.15) is 16.5 Å². The molecule has 0 amide bonds. The van der Waals surface area contributed by atoms with Crippen LogP contribution in [0, 0.1) is 28.4 Å². The van der Waals surface area contributed by atoms with E-state index in [1.165, 1.54) is 28.7 Å². The number of benzene rings is 1. The van der Waals surface area contributed by atoms with Crippen molar-refractivity contribution in [3.05, 3.63) is 53.9 Å². The van der Waals surface area contributed by atoms with Gasteiger partial charge in [-0.2, -0.15) is 9.40 Å². The molecule has 1 aromatic carbocycles. The van der Waals surface area contributed by atoms with Gasteiger partial charge in [0.05, 0.1) is 29.9 Å². The van der Waals surface area contributed by atoms with Crippen molar-refractivity contribution in [3.63, 3.8) is 0 Å². The molecule has 1 heterocycles. The molecule has 11 heteroatoms. The van der Waals surface area contributed by atoms with E-state index in [0.29, 0.717) is 26.1 Å². The van der Waals surface area contributed by atoms with Crippen LogP contribution in [0.5, 0.6) is 0 Å². The fraction of sp³-hybridized carbons (Fsp3) is 0.560. The number of hydrogen-bond donors (Lipinski definition) is 1. The van der Waals surface area contributed by atoms with Gasteiger partial charge in [0.15, 0.2) is 0 Å². The van der Waals surface area contributed by atoms with Crippen LogP contribution in [0.4, 0.5) is 8.78 Å². The topological polar surface area (TPSA) is 79.6 Å². The van der Waals surface area contributed by atoms with Crippen LogP contribution in [0.15, 0.2) is 46.0 Å². The minimum atomic E-state index is -3.69. The molecule has 0 radical (unpaired) electrons. The Hall–Kier alpha value is -2.24. The van der Waals surface area contributed by atoms with Crippen LogP contribution in [-0.4, -0.2) is 35.6 Å². The molecule has 0 spiro atoms. The van der Waals surface area contributed by atoms with Crippen molar-refractivity contribution >= 4 is 28.1 Å². The first kappa shape index (κ1) is 28.3. The second-order valence-electron chi connectivity index (χ2n) is 10.1. The van der Waals surface area contributed by atoms with Crippen molar-refractivity contribution in [1.29, 1.82) is 0 Å². The van der Waals surface area contributed by atoms with E-state index in [2.05, 4.69) is 48.2 Å². The smallest absolute Gasteiger partial charge is 0.246 e. The molecule has 1 N–H and O–H groups in total. The van der Waals surface area contributed by atoms with Gasteiger partial charge >= 0.3 is 0 Å². The number of halogens is 2. The van der Waals surface area contributed by atoms with Gasteiger partial charge in [-0.3, -0.25) is 10.1 Å². The predicted molar refractivity (Wildman–Crippen MR) is 139 cm³/mol. The molecule has 1 saturated carbocycles. The van der Waals surface area contributed by atoms with E-state index in [1.807, 2.05) is 13.8 Å². The largest absolute Gasteiger partial charge is 0.272 e. The van der Waals surface area contributed by atoms with E-state index in [-0.39, 0.29) is 32.9 Å². The van der Waals surface area contributed by atoms with Crippen molar-refractivity contribution in [2.45, 2.75) is 65.3 Å². The Balaban J connectivity index is 1.84. The minimum absolute atomic E-state index is 0.156. The lowest BCUT2D eigenvalue weighted by Gasteiger charge is -2.44. The summed E-state index contributed by atoms with van der Waals surface area (Å²) >= 11 is 4.65. The third kappa shape index (κ3) is 5.38. The van der Waals surface area contributed by atoms with Crippen LogP contribution in [0.3, 0.4) is 0 Å². The molecule has 2 aromatic rings. The molecule has 1 fully saturated rings. The van der Waals surface area contributed by atoms with Crippen LogP contribution in [0.25, 0.3) is 5.70 Å². The molecule has 7 nitrogen and oxygen atoms in total. The Morgan fingerprint density at radius 3 is 2.53 bits per heavy atom. The molecule has 198 valence electrons. The van der Waals surface area contributed by atoms with E-state index in [4.69, 9.17) is 0 Å². The number of aromatic nitrogens is 2. The van der Waals surface area contributed by atoms with Gasteiger partial charge < -0.3 is 0 Å². The predicted octanol–water partition coefficient (Wildman–Crippen LogP) is 5.30. The first-order chi connectivity index (χ1) is 16.9. The van der Waals surface area contributed by atoms with E-state index in [0.717, 1.165) is 12.8 Å². The van der Waals surface area contributed by atoms with Crippen LogP contribution in [0.2, 0.25) is 0 Å². The zero-order valence-corrected chi connectivity index (χ0v) is 23.1. The Morgan fingerprint density at radius 1 is 1.31 bits per heavy atom. The molecule has 1 aliphatic rings. The Morgan fingerprint density at radius 2 is 1.97 bits per heavy atom. The van der Waals surface area contributed by atoms with Gasteiger partial charge in [0.2, 0.25) is 10.0 Å². The summed E-state index contributed by atoms with van der Waals surface area (Å²) < 4.78 is 62.2. The van der Waals surface area contributed by atoms with Gasteiger partial charge in [-0.05, 0) is 55.1 Å². The summed E-state index contributed by atoms with van der Waals surface area (Å²) in [6.45, 7) is 11.5. The highest BCUT2D eigenvalue weighted by Gasteiger charge is 2.52. The van der Waals surface area contributed by atoms with E-state index >= 15 is 0 Å². The van der Waals surface area contributed by atoms with Crippen molar-refractivity contribution in [3.8, 4) is 0 Å². The number of sulfonamides is 1. The third-order valence-electron chi connectivity index (χ3n) is 8.07. The number of aryl methyl sites for hydroxylation is 1. The quantitative estimate of drug-likeness (QED) is 0.392. The first-order valence-corrected chi connectivity index (χ1v) is 14.0. The molecular weight excluding hydrogens is 504 g/mol. The summed E-state index contributed by atoms with van der Waals surface area (Å²) in [6, 6.07) is 3.69. The maximum atomic E-state index is 14.4. The van der Waals surface area contributed by atoms with E-state index in [1.54, 1.807) is 17.0 Å². The summed E-state index contributed by atoms with van der Waals surface area (Å²) in [7, 11) is -3.69. The number of hydrogen-bond acceptors (Lipinski definition) is 5. The molecule has 1 aromatic heterocycles. The van der Waals surface area contributed by atoms with E-state index in [9.17, 15) is 17.2 Å². The highest BCUT2D eigenvalue weighted by molar-refractivity contribution is 7.89. The molecule has 0 aliphatic heterocycles. The highest BCUT2D eigenvalue weighted by Crippen LogP contribution is 2.57. The maximum Gasteiger partial charge on any atom is 0.246 e. The summed E-state index contributed by atoms with van der Waals surface area (Å²) in [5.41, 5.74) is 1.99. The zero-order chi connectivity index (χ0) is 26.7. The number of rotatable bonds is 11. The lowest BCUT2D eigenvalue weighted by Crippen LogP contribution is -2.46. The van der Waals surface area contributed by atoms with Crippen LogP contribution in [-0.2, 0) is 29.0 Å². The van der Waals surface area contributed by atoms with Gasteiger partial charge in [-0.1, -0.05) is 39.8 Å². The lowest BCUT2D eigenvalue weighted by atomic mass is 9.65. The second kappa shape index (κ2) is 11.0. The van der Waals surface area contributed by atoms with Gasteiger partial charge in [0.25, 0.3) is 0 Å². The average molecular weight is 540 g/mol. The lowest BCUT2D eigenvalue weighted by molar-refractivity contribution is 0.0690. The average Bonchev–Trinajstić information content (AvgIpc) is 3.39. The molecule has 0 bridgehead atoms. The number of allylic oxidation sites excluding steroid dienone is 1. The third-order valence-corrected chi connectivity index (χ3v) is 10.0. The Bertz CT molecular complexity index is 1210. The first-order valence-electron chi connectivity index (χ1n) is 12.2. The summed E-state index contributed by atoms with van der Waals surface area (Å²) in [5, 5.41) is 4.13. The number of nitrogens with zero attached hydrogens (tertiary/aromatic N) is 4. The summed E-state index contributed by atoms with van der Waals surface area (Å²) in [5.74, 6) is -1.24. The molecule has 3 rings (SSSR count). The fourth-order valence-corrected chi connectivity index (χ4v) is 6.81. The minimum Gasteiger partial charge on any atom is -0.272 e. The Labute approximate surface area is 218 Å². The van der Waals surface area contributed by atoms with Crippen molar-refractivity contribution in [2.24, 2.45) is 21.2 Å². The Kier molecular flexibility index (Phi) is 8.67. The van der Waals surface area contributed by atoms with Gasteiger partial charge in [-0.15, -0.1) is 4.47 Å². The monoisotopic (exact) mass is 539 g/mol. The van der Waals surface area contributed by atoms with Crippen LogP contribution >= 0.6 is 0 Å². The SMILES string of the molecule is CCN(CC1(C)CC[C@@H](C/C=C(\NN=S)c2c(F)cccc2F)C1(C)C)S(=O)(=O)c1cnn(CC)c1. The highest BCUT2D eigenvalue weighted by atomic mass is 32.2. The second-order valence-corrected chi connectivity index (χ2v) is 12.3. The van der Waals surface area contributed by atoms with Crippen molar-refractivity contribution in [1.82, 2.24) is 19.5 Å². The molecule has 1 unspecified atom stereocenters. The number of nitrogens with one attached hydrogen (secondary N) is 1. The normalized spacial score (nSPS) is 22.2. The molecular formula is C25H35F2N5O2S2. The summed E-state index contributed by atoms with van der Waals surface area (Å²) in [6.07, 6.45) is 6.91. The molecule has 36 heavy (non-hydrogen) atoms. The molecule has 0 saturated heterocycles. The molecule has 2 atom stereocenters. The van der Waals surface area contributed by atoms with Gasteiger partial charge in [0, 0.05) is 25.8 Å². The van der Waals surface area contributed by atoms with Crippen molar-refractivity contribution in [2.75, 3.05) is 13.1 Å². The van der Waals surface area contributed by atoms with Crippen LogP contribution in [0.1, 0.15) is 59.4 Å². The molecule has 1 aliphatic carbocycles. The standard InChI is InChI=1S/C25H35F2N5O2S2/c1-6-31-16-19(15-28-31)36(33,34)32(7-2)17-25(5)14-13-18(24(25,3)4)11-12-22(29-30-35)23-20(26)9-8-10-21(23)27/h8-10,12,15-16,18H,6-7,11,13-14,17H2,1-5H3,(H,29,35)/b22-12-/t18-,25?/m1/s1. The van der Waals surface area contributed by atoms with Crippen molar-refractivity contribution < 1.29 is 17.2 Å². The maximum absolute atomic E-state index is 14.4. The zero-order valence-electron chi connectivity index (χ0n) is 21.5.